The van der Waals surface area contributed by atoms with Gasteiger partial charge in [-0.25, -0.2) is 0 Å². The lowest BCUT2D eigenvalue weighted by molar-refractivity contribution is -0.120. The first kappa shape index (κ1) is 15.9. The summed E-state index contributed by atoms with van der Waals surface area (Å²) in [4.78, 5) is 23.7. The molecule has 6 nitrogen and oxygen atoms in total. The van der Waals surface area contributed by atoms with Gasteiger partial charge >= 0.3 is 0 Å². The van der Waals surface area contributed by atoms with Crippen molar-refractivity contribution in [3.8, 4) is 5.75 Å². The quantitative estimate of drug-likeness (QED) is 0.852. The average molecular weight is 323 g/mol. The van der Waals surface area contributed by atoms with Crippen LogP contribution in [0.5, 0.6) is 5.75 Å². The number of benzene rings is 1. The zero-order valence-electron chi connectivity index (χ0n) is 11.9. The summed E-state index contributed by atoms with van der Waals surface area (Å²) in [7, 11) is 1.45. The van der Waals surface area contributed by atoms with Crippen LogP contribution >= 0.6 is 11.6 Å². The van der Waals surface area contributed by atoms with Gasteiger partial charge in [-0.15, -0.1) is 0 Å². The highest BCUT2D eigenvalue weighted by Crippen LogP contribution is 2.22. The second kappa shape index (κ2) is 7.51. The lowest BCUT2D eigenvalue weighted by Gasteiger charge is -2.09. The largest absolute Gasteiger partial charge is 0.496 e. The molecule has 0 bridgehead atoms. The minimum atomic E-state index is -0.438. The van der Waals surface area contributed by atoms with Gasteiger partial charge < -0.3 is 19.8 Å². The Kier molecular flexibility index (Phi) is 5.43. The normalized spacial score (nSPS) is 10.1. The molecule has 2 amide bonds. The number of halogens is 1. The number of methoxy groups -OCH3 is 1. The minimum absolute atomic E-state index is 0.158. The molecular formula is C15H15ClN2O4. The molecule has 0 aliphatic heterocycles. The van der Waals surface area contributed by atoms with Crippen LogP contribution in [-0.4, -0.2) is 25.5 Å². The monoisotopic (exact) mass is 322 g/mol. The molecule has 0 atom stereocenters. The fourth-order valence-electron chi connectivity index (χ4n) is 1.77. The number of amides is 2. The van der Waals surface area contributed by atoms with Crippen LogP contribution in [-0.2, 0) is 11.3 Å². The number of carbonyl (C=O) groups is 2. The highest BCUT2D eigenvalue weighted by atomic mass is 35.5. The topological polar surface area (TPSA) is 80.6 Å². The van der Waals surface area contributed by atoms with Crippen molar-refractivity contribution in [3.63, 3.8) is 0 Å². The molecule has 1 heterocycles. The maximum Gasteiger partial charge on any atom is 0.255 e. The van der Waals surface area contributed by atoms with E-state index in [1.54, 1.807) is 24.3 Å². The molecular weight excluding hydrogens is 308 g/mol. The molecule has 1 aromatic heterocycles. The van der Waals surface area contributed by atoms with Crippen molar-refractivity contribution in [2.75, 3.05) is 13.7 Å². The molecule has 2 rings (SSSR count). The van der Waals surface area contributed by atoms with Gasteiger partial charge in [0.05, 0.1) is 32.0 Å². The van der Waals surface area contributed by atoms with E-state index in [9.17, 15) is 9.59 Å². The van der Waals surface area contributed by atoms with E-state index in [4.69, 9.17) is 20.8 Å². The SMILES string of the molecule is COc1ccc(Cl)cc1C(=O)NCC(=O)NCc1ccco1. The highest BCUT2D eigenvalue weighted by Gasteiger charge is 2.14. The van der Waals surface area contributed by atoms with Crippen molar-refractivity contribution in [3.05, 3.63) is 52.9 Å². The van der Waals surface area contributed by atoms with Gasteiger partial charge in [0.25, 0.3) is 5.91 Å². The predicted octanol–water partition coefficient (Wildman–Crippen LogP) is 1.99. The first-order chi connectivity index (χ1) is 10.6. The summed E-state index contributed by atoms with van der Waals surface area (Å²) in [5.41, 5.74) is 0.272. The van der Waals surface area contributed by atoms with Gasteiger partial charge in [0, 0.05) is 5.02 Å². The number of rotatable bonds is 6. The van der Waals surface area contributed by atoms with Crippen molar-refractivity contribution >= 4 is 23.4 Å². The van der Waals surface area contributed by atoms with Gasteiger partial charge in [-0.2, -0.15) is 0 Å². The van der Waals surface area contributed by atoms with Crippen LogP contribution in [0.15, 0.2) is 41.0 Å². The van der Waals surface area contributed by atoms with Gasteiger partial charge in [0.15, 0.2) is 0 Å². The van der Waals surface area contributed by atoms with Crippen LogP contribution in [0, 0.1) is 0 Å². The second-order valence-corrected chi connectivity index (χ2v) is 4.82. The molecule has 116 valence electrons. The smallest absolute Gasteiger partial charge is 0.255 e. The van der Waals surface area contributed by atoms with Crippen LogP contribution in [0.4, 0.5) is 0 Å². The Morgan fingerprint density at radius 3 is 2.77 bits per heavy atom. The van der Waals surface area contributed by atoms with E-state index >= 15 is 0 Å². The lowest BCUT2D eigenvalue weighted by atomic mass is 10.2. The van der Waals surface area contributed by atoms with Crippen molar-refractivity contribution < 1.29 is 18.7 Å². The molecule has 0 aliphatic carbocycles. The van der Waals surface area contributed by atoms with Crippen LogP contribution in [0.25, 0.3) is 0 Å². The van der Waals surface area contributed by atoms with E-state index < -0.39 is 5.91 Å². The predicted molar refractivity (Wildman–Crippen MR) is 80.9 cm³/mol. The number of carbonyl (C=O) groups excluding carboxylic acids is 2. The Morgan fingerprint density at radius 2 is 2.09 bits per heavy atom. The third-order valence-electron chi connectivity index (χ3n) is 2.86. The van der Waals surface area contributed by atoms with E-state index in [0.717, 1.165) is 0 Å². The Hall–Kier alpha value is -2.47. The molecule has 1 aromatic carbocycles. The van der Waals surface area contributed by atoms with Crippen LogP contribution in [0.2, 0.25) is 5.02 Å². The fourth-order valence-corrected chi connectivity index (χ4v) is 1.95. The molecule has 0 unspecified atom stereocenters. The first-order valence-corrected chi connectivity index (χ1v) is 6.88. The summed E-state index contributed by atoms with van der Waals surface area (Å²) in [6.07, 6.45) is 1.52. The summed E-state index contributed by atoms with van der Waals surface area (Å²) >= 11 is 5.86. The van der Waals surface area contributed by atoms with Crippen LogP contribution < -0.4 is 15.4 Å². The zero-order chi connectivity index (χ0) is 15.9. The number of ether oxygens (including phenoxy) is 1. The third kappa shape index (κ3) is 4.26. The summed E-state index contributed by atoms with van der Waals surface area (Å²) in [5, 5.41) is 5.55. The molecule has 0 saturated heterocycles. The van der Waals surface area contributed by atoms with Gasteiger partial charge in [-0.05, 0) is 30.3 Å². The lowest BCUT2D eigenvalue weighted by Crippen LogP contribution is -2.36. The number of hydrogen-bond donors (Lipinski definition) is 2. The summed E-state index contributed by atoms with van der Waals surface area (Å²) in [5.74, 6) is 0.257. The van der Waals surface area contributed by atoms with Crippen LogP contribution in [0.3, 0.4) is 0 Å². The molecule has 2 aromatic rings. The molecule has 7 heteroatoms. The van der Waals surface area contributed by atoms with Gasteiger partial charge in [-0.3, -0.25) is 9.59 Å². The van der Waals surface area contributed by atoms with Gasteiger partial charge in [0.1, 0.15) is 11.5 Å². The zero-order valence-corrected chi connectivity index (χ0v) is 12.6. The van der Waals surface area contributed by atoms with Crippen molar-refractivity contribution in [2.45, 2.75) is 6.54 Å². The third-order valence-corrected chi connectivity index (χ3v) is 3.09. The highest BCUT2D eigenvalue weighted by molar-refractivity contribution is 6.31. The fraction of sp³-hybridized carbons (Fsp3) is 0.200. The Morgan fingerprint density at radius 1 is 1.27 bits per heavy atom. The molecule has 2 N–H and O–H groups in total. The molecule has 0 fully saturated rings. The van der Waals surface area contributed by atoms with Crippen LogP contribution in [0.1, 0.15) is 16.1 Å². The van der Waals surface area contributed by atoms with Crippen molar-refractivity contribution in [2.24, 2.45) is 0 Å². The van der Waals surface area contributed by atoms with Gasteiger partial charge in [0.2, 0.25) is 5.91 Å². The summed E-state index contributed by atoms with van der Waals surface area (Å²) < 4.78 is 10.2. The van der Waals surface area contributed by atoms with Gasteiger partial charge in [-0.1, -0.05) is 11.6 Å². The molecule has 0 spiro atoms. The maximum absolute atomic E-state index is 12.1. The van der Waals surface area contributed by atoms with E-state index in [0.29, 0.717) is 16.5 Å². The minimum Gasteiger partial charge on any atom is -0.496 e. The Labute approximate surface area is 132 Å². The second-order valence-electron chi connectivity index (χ2n) is 4.38. The molecule has 0 radical (unpaired) electrons. The van der Waals surface area contributed by atoms with E-state index in [1.165, 1.54) is 19.4 Å². The van der Waals surface area contributed by atoms with E-state index in [-0.39, 0.29) is 24.6 Å². The van der Waals surface area contributed by atoms with E-state index in [1.807, 2.05) is 0 Å². The average Bonchev–Trinajstić information content (AvgIpc) is 3.04. The number of furan rings is 1. The van der Waals surface area contributed by atoms with Crippen molar-refractivity contribution in [1.29, 1.82) is 0 Å². The molecule has 0 aliphatic rings. The molecule has 22 heavy (non-hydrogen) atoms. The van der Waals surface area contributed by atoms with E-state index in [2.05, 4.69) is 10.6 Å². The number of nitrogens with one attached hydrogen (secondary N) is 2. The Bertz CT molecular complexity index is 656. The standard InChI is InChI=1S/C15H15ClN2O4/c1-21-13-5-4-10(16)7-12(13)15(20)18-9-14(19)17-8-11-3-2-6-22-11/h2-7H,8-9H2,1H3,(H,17,19)(H,18,20). The summed E-state index contributed by atoms with van der Waals surface area (Å²) in [6, 6.07) is 8.17. The van der Waals surface area contributed by atoms with Crippen molar-refractivity contribution in [1.82, 2.24) is 10.6 Å². The number of hydrogen-bond acceptors (Lipinski definition) is 4. The first-order valence-electron chi connectivity index (χ1n) is 6.51. The summed E-state index contributed by atoms with van der Waals surface area (Å²) in [6.45, 7) is 0.109. The Balaban J connectivity index is 1.87. The maximum atomic E-state index is 12.1. The molecule has 0 saturated carbocycles.